The van der Waals surface area contributed by atoms with Gasteiger partial charge in [0.25, 0.3) is 10.2 Å². The Labute approximate surface area is 128 Å². The number of ether oxygens (including phenoxy) is 1. The minimum Gasteiger partial charge on any atom is -0.381 e. The highest BCUT2D eigenvalue weighted by atomic mass is 32.2. The molecule has 0 aromatic carbocycles. The molecule has 0 spiro atoms. The van der Waals surface area contributed by atoms with Crippen molar-refractivity contribution in [3.8, 4) is 0 Å². The van der Waals surface area contributed by atoms with Crippen LogP contribution in [-0.2, 0) is 14.9 Å². The molecule has 0 bridgehead atoms. The molecule has 1 aliphatic heterocycles. The van der Waals surface area contributed by atoms with Crippen molar-refractivity contribution in [3.05, 3.63) is 0 Å². The molecule has 6 nitrogen and oxygen atoms in total. The molecule has 2 aliphatic rings. The summed E-state index contributed by atoms with van der Waals surface area (Å²) in [5.74, 6) is 0.583. The van der Waals surface area contributed by atoms with E-state index < -0.39 is 10.2 Å². The zero-order chi connectivity index (χ0) is 15.7. The molecule has 2 atom stereocenters. The molecule has 0 aromatic rings. The lowest BCUT2D eigenvalue weighted by Gasteiger charge is -2.51. The molecule has 7 heteroatoms. The van der Waals surface area contributed by atoms with Crippen molar-refractivity contribution in [3.63, 3.8) is 0 Å². The number of methoxy groups -OCH3 is 1. The van der Waals surface area contributed by atoms with Crippen LogP contribution in [0.1, 0.15) is 33.1 Å². The third kappa shape index (κ3) is 3.59. The van der Waals surface area contributed by atoms with Gasteiger partial charge in [0.2, 0.25) is 0 Å². The second-order valence-electron chi connectivity index (χ2n) is 6.86. The fraction of sp³-hybridized carbons (Fsp3) is 1.00. The van der Waals surface area contributed by atoms with Crippen molar-refractivity contribution in [2.24, 2.45) is 11.3 Å². The third-order valence-corrected chi connectivity index (χ3v) is 6.79. The van der Waals surface area contributed by atoms with Gasteiger partial charge < -0.3 is 10.1 Å². The van der Waals surface area contributed by atoms with E-state index in [9.17, 15) is 8.42 Å². The molecule has 2 fully saturated rings. The SMILES string of the molecule is CNCC1CCN(S(=O)(=O)NC2CC(OC)C2(C)C)CC1. The molecule has 1 saturated heterocycles. The molecule has 1 saturated carbocycles. The van der Waals surface area contributed by atoms with Gasteiger partial charge in [-0.05, 0) is 38.8 Å². The molecule has 124 valence electrons. The number of nitrogens with one attached hydrogen (secondary N) is 2. The second kappa shape index (κ2) is 6.50. The summed E-state index contributed by atoms with van der Waals surface area (Å²) in [5.41, 5.74) is -0.147. The zero-order valence-corrected chi connectivity index (χ0v) is 14.4. The van der Waals surface area contributed by atoms with E-state index in [1.807, 2.05) is 7.05 Å². The molecule has 2 N–H and O–H groups in total. The smallest absolute Gasteiger partial charge is 0.279 e. The van der Waals surface area contributed by atoms with Gasteiger partial charge in [-0.3, -0.25) is 0 Å². The van der Waals surface area contributed by atoms with E-state index in [2.05, 4.69) is 23.9 Å². The van der Waals surface area contributed by atoms with Crippen molar-refractivity contribution in [2.45, 2.75) is 45.3 Å². The van der Waals surface area contributed by atoms with Gasteiger partial charge in [-0.15, -0.1) is 0 Å². The van der Waals surface area contributed by atoms with Crippen LogP contribution in [0.4, 0.5) is 0 Å². The molecule has 1 heterocycles. The molecular weight excluding hydrogens is 290 g/mol. The predicted octanol–water partition coefficient (Wildman–Crippen LogP) is 0.566. The van der Waals surface area contributed by atoms with Crippen LogP contribution in [0, 0.1) is 11.3 Å². The number of nitrogens with zero attached hydrogens (tertiary/aromatic N) is 1. The highest BCUT2D eigenvalue weighted by Gasteiger charge is 2.50. The highest BCUT2D eigenvalue weighted by molar-refractivity contribution is 7.87. The Morgan fingerprint density at radius 2 is 1.90 bits per heavy atom. The Bertz CT molecular complexity index is 444. The quantitative estimate of drug-likeness (QED) is 0.751. The van der Waals surface area contributed by atoms with Crippen molar-refractivity contribution >= 4 is 10.2 Å². The molecule has 1 aliphatic carbocycles. The summed E-state index contributed by atoms with van der Waals surface area (Å²) < 4.78 is 34.8. The van der Waals surface area contributed by atoms with Gasteiger partial charge in [-0.25, -0.2) is 0 Å². The number of piperidine rings is 1. The first kappa shape index (κ1) is 17.1. The summed E-state index contributed by atoms with van der Waals surface area (Å²) in [6.45, 7) is 6.30. The normalized spacial score (nSPS) is 31.0. The molecule has 0 amide bonds. The highest BCUT2D eigenvalue weighted by Crippen LogP contribution is 2.42. The lowest BCUT2D eigenvalue weighted by Crippen LogP contribution is -2.63. The van der Waals surface area contributed by atoms with Crippen molar-refractivity contribution in [2.75, 3.05) is 33.8 Å². The van der Waals surface area contributed by atoms with Crippen LogP contribution in [0.2, 0.25) is 0 Å². The average molecular weight is 319 g/mol. The Morgan fingerprint density at radius 1 is 1.29 bits per heavy atom. The first-order valence-electron chi connectivity index (χ1n) is 7.76. The largest absolute Gasteiger partial charge is 0.381 e. The van der Waals surface area contributed by atoms with Crippen LogP contribution in [0.5, 0.6) is 0 Å². The van der Waals surface area contributed by atoms with Gasteiger partial charge in [0.1, 0.15) is 0 Å². The van der Waals surface area contributed by atoms with Gasteiger partial charge in [-0.2, -0.15) is 17.4 Å². The maximum absolute atomic E-state index is 12.5. The minimum absolute atomic E-state index is 0.0394. The zero-order valence-electron chi connectivity index (χ0n) is 13.6. The van der Waals surface area contributed by atoms with Gasteiger partial charge >= 0.3 is 0 Å². The van der Waals surface area contributed by atoms with E-state index in [1.54, 1.807) is 11.4 Å². The summed E-state index contributed by atoms with van der Waals surface area (Å²) in [6, 6.07) is -0.0394. The van der Waals surface area contributed by atoms with Crippen LogP contribution >= 0.6 is 0 Å². The van der Waals surface area contributed by atoms with Crippen molar-refractivity contribution in [1.29, 1.82) is 0 Å². The van der Waals surface area contributed by atoms with Gasteiger partial charge in [0.15, 0.2) is 0 Å². The Kier molecular flexibility index (Phi) is 5.31. The average Bonchev–Trinajstić information content (AvgIpc) is 2.44. The van der Waals surface area contributed by atoms with Crippen LogP contribution in [0.15, 0.2) is 0 Å². The molecule has 2 unspecified atom stereocenters. The van der Waals surface area contributed by atoms with Crippen molar-refractivity contribution < 1.29 is 13.2 Å². The summed E-state index contributed by atoms with van der Waals surface area (Å²) >= 11 is 0. The van der Waals surface area contributed by atoms with E-state index in [4.69, 9.17) is 4.74 Å². The van der Waals surface area contributed by atoms with Crippen LogP contribution in [0.3, 0.4) is 0 Å². The molecular formula is C14H29N3O3S. The van der Waals surface area contributed by atoms with E-state index in [0.717, 1.165) is 25.8 Å². The Balaban J connectivity index is 1.89. The monoisotopic (exact) mass is 319 g/mol. The third-order valence-electron chi connectivity index (χ3n) is 5.16. The van der Waals surface area contributed by atoms with E-state index >= 15 is 0 Å². The predicted molar refractivity (Wildman–Crippen MR) is 83.3 cm³/mol. The lowest BCUT2D eigenvalue weighted by molar-refractivity contribution is -0.0912. The van der Waals surface area contributed by atoms with E-state index in [-0.39, 0.29) is 17.6 Å². The standard InChI is InChI=1S/C14H29N3O3S/c1-14(2)12(9-13(14)20-4)16-21(18,19)17-7-5-11(6-8-17)10-15-3/h11-13,15-16H,5-10H2,1-4H3. The maximum atomic E-state index is 12.5. The molecule has 21 heavy (non-hydrogen) atoms. The van der Waals surface area contributed by atoms with E-state index in [1.165, 1.54) is 0 Å². The second-order valence-corrected chi connectivity index (χ2v) is 8.56. The van der Waals surface area contributed by atoms with Crippen LogP contribution < -0.4 is 10.0 Å². The summed E-state index contributed by atoms with van der Waals surface area (Å²) in [5, 5.41) is 3.17. The summed E-state index contributed by atoms with van der Waals surface area (Å²) in [6.07, 6.45) is 2.73. The summed E-state index contributed by atoms with van der Waals surface area (Å²) in [4.78, 5) is 0. The number of rotatable bonds is 6. The minimum atomic E-state index is -3.38. The molecule has 2 rings (SSSR count). The first-order valence-corrected chi connectivity index (χ1v) is 9.20. The Hall–Kier alpha value is -0.210. The van der Waals surface area contributed by atoms with Crippen LogP contribution in [0.25, 0.3) is 0 Å². The van der Waals surface area contributed by atoms with E-state index in [0.29, 0.717) is 19.0 Å². The maximum Gasteiger partial charge on any atom is 0.279 e. The topological polar surface area (TPSA) is 70.7 Å². The fourth-order valence-electron chi connectivity index (χ4n) is 3.38. The van der Waals surface area contributed by atoms with Gasteiger partial charge in [-0.1, -0.05) is 13.8 Å². The van der Waals surface area contributed by atoms with Crippen LogP contribution in [-0.4, -0.2) is 58.7 Å². The summed E-state index contributed by atoms with van der Waals surface area (Å²) in [7, 11) is 0.247. The number of hydrogen-bond donors (Lipinski definition) is 2. The number of hydrogen-bond acceptors (Lipinski definition) is 4. The van der Waals surface area contributed by atoms with Gasteiger partial charge in [0.05, 0.1) is 6.10 Å². The molecule has 0 radical (unpaired) electrons. The first-order chi connectivity index (χ1) is 9.81. The molecule has 0 aromatic heterocycles. The Morgan fingerprint density at radius 3 is 2.38 bits per heavy atom. The fourth-order valence-corrected chi connectivity index (χ4v) is 4.98. The lowest BCUT2D eigenvalue weighted by atomic mass is 9.65. The van der Waals surface area contributed by atoms with Gasteiger partial charge in [0, 0.05) is 31.7 Å². The van der Waals surface area contributed by atoms with Crippen molar-refractivity contribution in [1.82, 2.24) is 14.3 Å².